The molecule has 44 heavy (non-hydrogen) atoms. The Hall–Kier alpha value is -2.99. The molecule has 1 rings (SSSR count). The minimum Gasteiger partial charge on any atom is -0.379 e. The Balaban J connectivity index is 1.72. The molecule has 1 aliphatic heterocycles. The minimum atomic E-state index is -0.405. The molecule has 1 heterocycles. The first-order valence-corrected chi connectivity index (χ1v) is 14.8. The fraction of sp³-hybridized carbons (Fsp3) is 0.750. The number of hydrogen-bond acceptors (Lipinski definition) is 12. The third-order valence-corrected chi connectivity index (χ3v) is 5.55. The molecule has 16 nitrogen and oxygen atoms in total. The number of carbonyl (C=O) groups is 5. The van der Waals surface area contributed by atoms with Gasteiger partial charge in [0.05, 0.1) is 92.5 Å². The van der Waals surface area contributed by atoms with Crippen LogP contribution in [0.5, 0.6) is 0 Å². The Bertz CT molecular complexity index is 840. The zero-order valence-electron chi connectivity index (χ0n) is 25.6. The number of carbonyl (C=O) groups excluding carboxylic acids is 5. The van der Waals surface area contributed by atoms with E-state index < -0.39 is 11.8 Å². The maximum atomic E-state index is 11.8. The molecule has 0 atom stereocenters. The van der Waals surface area contributed by atoms with E-state index >= 15 is 0 Å². The van der Waals surface area contributed by atoms with Gasteiger partial charge in [-0.2, -0.15) is 0 Å². The molecule has 0 saturated heterocycles. The molecule has 3 N–H and O–H groups in total. The summed E-state index contributed by atoms with van der Waals surface area (Å²) in [7, 11) is 0. The molecule has 0 aromatic heterocycles. The second-order valence-corrected chi connectivity index (χ2v) is 9.13. The minimum absolute atomic E-state index is 0.0416. The van der Waals surface area contributed by atoms with Crippen LogP contribution in [0.4, 0.5) is 0 Å². The molecule has 252 valence electrons. The molecule has 1 aliphatic rings. The number of ether oxygens (including phenoxy) is 7. The van der Waals surface area contributed by atoms with Gasteiger partial charge in [0.15, 0.2) is 0 Å². The van der Waals surface area contributed by atoms with Crippen LogP contribution in [0.15, 0.2) is 12.2 Å². The van der Waals surface area contributed by atoms with Gasteiger partial charge in [-0.1, -0.05) is 0 Å². The Morgan fingerprint density at radius 1 is 0.523 bits per heavy atom. The molecule has 0 fully saturated rings. The fourth-order valence-electron chi connectivity index (χ4n) is 3.33. The van der Waals surface area contributed by atoms with Crippen LogP contribution in [0.25, 0.3) is 0 Å². The van der Waals surface area contributed by atoms with Crippen LogP contribution in [-0.4, -0.2) is 153 Å². The Kier molecular flexibility index (Phi) is 24.4. The highest BCUT2D eigenvalue weighted by atomic mass is 16.6. The zero-order chi connectivity index (χ0) is 32.1. The summed E-state index contributed by atoms with van der Waals surface area (Å²) in [5.74, 6) is -1.28. The molecule has 0 saturated carbocycles. The topological polar surface area (TPSA) is 189 Å². The van der Waals surface area contributed by atoms with Crippen molar-refractivity contribution in [3.63, 3.8) is 0 Å². The van der Waals surface area contributed by atoms with Crippen LogP contribution in [0.3, 0.4) is 0 Å². The van der Waals surface area contributed by atoms with Crippen molar-refractivity contribution in [1.82, 2.24) is 20.9 Å². The third-order valence-electron chi connectivity index (χ3n) is 5.55. The van der Waals surface area contributed by atoms with Crippen molar-refractivity contribution in [3.8, 4) is 0 Å². The van der Waals surface area contributed by atoms with Crippen molar-refractivity contribution in [2.24, 2.45) is 0 Å². The number of rotatable bonds is 30. The quantitative estimate of drug-likeness (QED) is 0.0595. The number of amides is 5. The van der Waals surface area contributed by atoms with Crippen LogP contribution in [0, 0.1) is 0 Å². The average Bonchev–Trinajstić information content (AvgIpc) is 3.32. The monoisotopic (exact) mass is 632 g/mol. The lowest BCUT2D eigenvalue weighted by molar-refractivity contribution is -0.137. The normalized spacial score (nSPS) is 12.6. The highest BCUT2D eigenvalue weighted by molar-refractivity contribution is 6.13. The number of nitrogens with zero attached hydrogens (tertiary/aromatic N) is 1. The molecule has 0 unspecified atom stereocenters. The van der Waals surface area contributed by atoms with Gasteiger partial charge in [-0.3, -0.25) is 28.9 Å². The average molecular weight is 633 g/mol. The predicted octanol–water partition coefficient (Wildman–Crippen LogP) is -1.82. The van der Waals surface area contributed by atoms with Gasteiger partial charge in [-0.15, -0.1) is 0 Å². The lowest BCUT2D eigenvalue weighted by Crippen LogP contribution is -2.35. The maximum absolute atomic E-state index is 11.8. The first-order valence-electron chi connectivity index (χ1n) is 14.8. The van der Waals surface area contributed by atoms with Gasteiger partial charge in [0.1, 0.15) is 0 Å². The molecular weight excluding hydrogens is 584 g/mol. The summed E-state index contributed by atoms with van der Waals surface area (Å²) in [6.45, 7) is 8.17. The van der Waals surface area contributed by atoms with Gasteiger partial charge >= 0.3 is 0 Å². The number of imide groups is 1. The van der Waals surface area contributed by atoms with Gasteiger partial charge in [0.25, 0.3) is 11.8 Å². The molecule has 5 amide bonds. The van der Waals surface area contributed by atoms with Gasteiger partial charge < -0.3 is 49.1 Å². The van der Waals surface area contributed by atoms with Crippen molar-refractivity contribution in [1.29, 1.82) is 0 Å². The lowest BCUT2D eigenvalue weighted by Gasteiger charge is -2.13. The van der Waals surface area contributed by atoms with E-state index in [4.69, 9.17) is 33.2 Å². The summed E-state index contributed by atoms with van der Waals surface area (Å²) in [6, 6.07) is 0. The molecule has 0 aromatic carbocycles. The van der Waals surface area contributed by atoms with Crippen LogP contribution in [0.1, 0.15) is 19.8 Å². The standard InChI is InChI=1S/C28H48N4O12/c1-24(33)29-6-11-39-15-19-43-20-16-41-13-8-31-26(35)5-10-38-14-18-42-22-23-44-21-17-40-12-7-30-25(34)4-9-32-27(36)2-3-28(32)37/h2-3H,4-23H2,1H3,(H,29,33)(H,30,34)(H,31,35). The smallest absolute Gasteiger partial charge is 0.253 e. The van der Waals surface area contributed by atoms with E-state index in [9.17, 15) is 24.0 Å². The summed E-state index contributed by atoms with van der Waals surface area (Å²) < 4.78 is 37.6. The van der Waals surface area contributed by atoms with Crippen molar-refractivity contribution in [2.45, 2.75) is 19.8 Å². The van der Waals surface area contributed by atoms with E-state index in [1.54, 1.807) is 0 Å². The lowest BCUT2D eigenvalue weighted by atomic mass is 10.3. The fourth-order valence-corrected chi connectivity index (χ4v) is 3.33. The number of hydrogen-bond donors (Lipinski definition) is 3. The molecule has 0 spiro atoms. The second kappa shape index (κ2) is 27.6. The molecule has 0 aliphatic carbocycles. The number of nitrogens with one attached hydrogen (secondary N) is 3. The van der Waals surface area contributed by atoms with E-state index in [2.05, 4.69) is 16.0 Å². The molecular formula is C28H48N4O12. The van der Waals surface area contributed by atoms with Crippen LogP contribution in [0.2, 0.25) is 0 Å². The van der Waals surface area contributed by atoms with E-state index in [1.165, 1.54) is 19.1 Å². The van der Waals surface area contributed by atoms with Crippen LogP contribution >= 0.6 is 0 Å². The Labute approximate surface area is 258 Å². The van der Waals surface area contributed by atoms with Gasteiger partial charge in [0, 0.05) is 58.1 Å². The molecule has 0 aromatic rings. The third kappa shape index (κ3) is 23.5. The first kappa shape index (κ1) is 39.0. The molecule has 0 radical (unpaired) electrons. The summed E-state index contributed by atoms with van der Waals surface area (Å²) in [6.07, 6.45) is 2.66. The summed E-state index contributed by atoms with van der Waals surface area (Å²) in [5, 5.41) is 8.05. The molecule has 0 bridgehead atoms. The van der Waals surface area contributed by atoms with Crippen molar-refractivity contribution < 1.29 is 57.1 Å². The maximum Gasteiger partial charge on any atom is 0.253 e. The van der Waals surface area contributed by atoms with E-state index in [-0.39, 0.29) is 37.1 Å². The SMILES string of the molecule is CC(=O)NCCOCCOCCOCCNC(=O)CCOCCOCCOCCOCCNC(=O)CCN1C(=O)C=CC1=O. The summed E-state index contributed by atoms with van der Waals surface area (Å²) >= 11 is 0. The highest BCUT2D eigenvalue weighted by Gasteiger charge is 2.23. The van der Waals surface area contributed by atoms with Gasteiger partial charge in [-0.25, -0.2) is 0 Å². The van der Waals surface area contributed by atoms with Gasteiger partial charge in [-0.05, 0) is 0 Å². The van der Waals surface area contributed by atoms with E-state index in [0.717, 1.165) is 4.90 Å². The van der Waals surface area contributed by atoms with Crippen LogP contribution in [-0.2, 0) is 57.1 Å². The highest BCUT2D eigenvalue weighted by Crippen LogP contribution is 2.03. The van der Waals surface area contributed by atoms with E-state index in [0.29, 0.717) is 112 Å². The summed E-state index contributed by atoms with van der Waals surface area (Å²) in [5.41, 5.74) is 0. The first-order chi connectivity index (χ1) is 21.4. The Morgan fingerprint density at radius 3 is 1.27 bits per heavy atom. The summed E-state index contributed by atoms with van der Waals surface area (Å²) in [4.78, 5) is 58.1. The van der Waals surface area contributed by atoms with Crippen molar-refractivity contribution >= 4 is 29.5 Å². The molecule has 16 heteroatoms. The van der Waals surface area contributed by atoms with E-state index in [1.807, 2.05) is 0 Å². The van der Waals surface area contributed by atoms with Crippen molar-refractivity contribution in [3.05, 3.63) is 12.2 Å². The zero-order valence-corrected chi connectivity index (χ0v) is 25.6. The largest absolute Gasteiger partial charge is 0.379 e. The van der Waals surface area contributed by atoms with Crippen LogP contribution < -0.4 is 16.0 Å². The van der Waals surface area contributed by atoms with Crippen molar-refractivity contribution in [2.75, 3.05) is 119 Å². The van der Waals surface area contributed by atoms with Gasteiger partial charge in [0.2, 0.25) is 17.7 Å². The predicted molar refractivity (Wildman–Crippen MR) is 156 cm³/mol. The second-order valence-electron chi connectivity index (χ2n) is 9.13. The Morgan fingerprint density at radius 2 is 0.864 bits per heavy atom.